The Morgan fingerprint density at radius 1 is 0.725 bits per heavy atom. The second-order valence-corrected chi connectivity index (χ2v) is 20.8. The Hall–Kier alpha value is -5.96. The van der Waals surface area contributed by atoms with E-state index >= 15 is 0 Å². The fourth-order valence-corrected chi connectivity index (χ4v) is 11.8. The molecule has 33 heteroatoms. The summed E-state index contributed by atoms with van der Waals surface area (Å²) in [6, 6.07) is 4.56. The van der Waals surface area contributed by atoms with E-state index in [2.05, 4.69) is 35.8 Å². The van der Waals surface area contributed by atoms with Crippen molar-refractivity contribution in [3.8, 4) is 23.0 Å². The highest BCUT2D eigenvalue weighted by molar-refractivity contribution is 8.03. The van der Waals surface area contributed by atoms with E-state index in [-0.39, 0.29) is 73.9 Å². The quantitative estimate of drug-likeness (QED) is 0.0886. The van der Waals surface area contributed by atoms with Crippen molar-refractivity contribution in [1.29, 1.82) is 0 Å². The minimum atomic E-state index is -1.46. The number of aromatic nitrogens is 7. The molecule has 3 aliphatic rings. The molecule has 6 aromatic rings. The van der Waals surface area contributed by atoms with Gasteiger partial charge < -0.3 is 60.6 Å². The molecule has 0 unspecified atom stereocenters. The summed E-state index contributed by atoms with van der Waals surface area (Å²) in [7, 11) is -2.44. The molecule has 0 spiro atoms. The third-order valence-electron chi connectivity index (χ3n) is 10.2. The summed E-state index contributed by atoms with van der Waals surface area (Å²) in [5, 5.41) is 83.0. The van der Waals surface area contributed by atoms with Gasteiger partial charge in [-0.15, -0.1) is 37.3 Å². The number of H-pyrrole nitrogens is 1. The third-order valence-corrected chi connectivity index (χ3v) is 15.5. The number of carboxylic acid groups (broad SMARTS) is 3. The van der Waals surface area contributed by atoms with E-state index in [4.69, 9.17) is 30.2 Å². The zero-order valence-corrected chi connectivity index (χ0v) is 39.5. The van der Waals surface area contributed by atoms with Gasteiger partial charge in [-0.3, -0.25) is 0 Å². The molecule has 6 heterocycles. The van der Waals surface area contributed by atoms with Crippen LogP contribution in [0.3, 0.4) is 0 Å². The summed E-state index contributed by atoms with van der Waals surface area (Å²) in [4.78, 5) is 34.1. The van der Waals surface area contributed by atoms with Gasteiger partial charge in [0.2, 0.25) is 10.3 Å². The number of nitrogens with one attached hydrogen (secondary N) is 1. The maximum Gasteiger partial charge on any atom is 0.537 e. The maximum atomic E-state index is 14.2. The maximum absolute atomic E-state index is 14.2. The van der Waals surface area contributed by atoms with Gasteiger partial charge in [-0.25, -0.2) is 27.6 Å². The molecule has 0 saturated heterocycles. The second kappa shape index (κ2) is 21.4. The number of halogens is 3. The first-order valence-corrected chi connectivity index (χ1v) is 23.8. The average molecular weight is 1050 g/mol. The lowest BCUT2D eigenvalue weighted by Crippen LogP contribution is -2.41. The predicted molar refractivity (Wildman–Crippen MR) is 247 cm³/mol. The molecule has 3 aromatic carbocycles. The van der Waals surface area contributed by atoms with E-state index in [0.717, 1.165) is 41.4 Å². The van der Waals surface area contributed by atoms with Crippen LogP contribution in [-0.4, -0.2) is 128 Å². The highest BCUT2D eigenvalue weighted by atomic mass is 32.2. The zero-order chi connectivity index (χ0) is 50.0. The smallest absolute Gasteiger partial charge is 0.535 e. The molecule has 69 heavy (non-hydrogen) atoms. The van der Waals surface area contributed by atoms with Crippen LogP contribution in [0.5, 0.6) is 23.0 Å². The highest BCUT2D eigenvalue weighted by Gasteiger charge is 2.43. The fourth-order valence-electron chi connectivity index (χ4n) is 7.02. The molecule has 0 saturated carbocycles. The summed E-state index contributed by atoms with van der Waals surface area (Å²) in [6.07, 6.45) is 2.09. The number of rotatable bonds is 10. The molecule has 0 radical (unpaired) electrons. The van der Waals surface area contributed by atoms with E-state index in [1.165, 1.54) is 43.6 Å². The van der Waals surface area contributed by atoms with Crippen LogP contribution >= 0.6 is 58.0 Å². The number of benzene rings is 3. The van der Waals surface area contributed by atoms with Crippen molar-refractivity contribution < 1.29 is 76.6 Å². The van der Waals surface area contributed by atoms with E-state index in [1.807, 2.05) is 0 Å². The van der Waals surface area contributed by atoms with Crippen molar-refractivity contribution in [2.75, 3.05) is 18.6 Å². The first-order chi connectivity index (χ1) is 32.8. The summed E-state index contributed by atoms with van der Waals surface area (Å²) in [5.74, 6) is -6.95. The number of thioether (sulfide) groups is 3. The lowest BCUT2D eigenvalue weighted by Gasteiger charge is -2.28. The lowest BCUT2D eigenvalue weighted by molar-refractivity contribution is 0.0679. The standard InChI is InChI=1S/C12H10BF2N3O4S2.C12H11BFN3O4S2.C12H12BN3O5S/c1-3-6(10(19)20)9-4(8(15)7(3)14)2-5(13(21)22-9)23-12-18-17-11(16)24-12;1-4-6(14)2-5-3-7(22-12-17-16-11(15)23-12)13(20)21-9(5)8(4)10(18)19;1-20-7-3-2-6-4-8(22-9-5-14-16-15-9)13(19)21-11(6)10(7)12(17)18/h5,21H,2H2,1H3,(H2,16,17)(H,19,20);2,7,20H,3H2,1H3,(H2,15,16)(H,18,19);2-3,5,8,19H,4H2,1H3,(H,17,18)(H,14,15,16)/t5-;7-;8-/m000/s1. The molecular formula is C36H33B3F3N9O13S5. The third kappa shape index (κ3) is 11.1. The molecule has 3 aliphatic heterocycles. The summed E-state index contributed by atoms with van der Waals surface area (Å²) < 4.78 is 64.2. The molecule has 11 N–H and O–H groups in total. The average Bonchev–Trinajstić information content (AvgIpc) is 4.07. The van der Waals surface area contributed by atoms with Crippen molar-refractivity contribution in [2.45, 2.75) is 62.3 Å². The van der Waals surface area contributed by atoms with Gasteiger partial charge in [-0.2, -0.15) is 10.3 Å². The topological polar surface area (TPSA) is 355 Å². The van der Waals surface area contributed by atoms with Gasteiger partial charge in [0.25, 0.3) is 0 Å². The Morgan fingerprint density at radius 2 is 1.23 bits per heavy atom. The number of ether oxygens (including phenoxy) is 1. The number of fused-ring (bicyclic) bond motifs is 3. The minimum absolute atomic E-state index is 0.0116. The zero-order valence-electron chi connectivity index (χ0n) is 35.4. The number of nitrogens with two attached hydrogens (primary N) is 2. The van der Waals surface area contributed by atoms with Crippen LogP contribution in [0.15, 0.2) is 38.1 Å². The molecule has 360 valence electrons. The molecule has 22 nitrogen and oxygen atoms in total. The Morgan fingerprint density at radius 3 is 1.74 bits per heavy atom. The second-order valence-electron chi connectivity index (χ2n) is 14.6. The number of aromatic carboxylic acids is 3. The van der Waals surface area contributed by atoms with Crippen molar-refractivity contribution in [1.82, 2.24) is 35.8 Å². The molecule has 3 aromatic heterocycles. The Balaban J connectivity index is 0.000000153. The monoisotopic (exact) mass is 1050 g/mol. The highest BCUT2D eigenvalue weighted by Crippen LogP contribution is 2.43. The SMILES string of the molecule is COc1ccc2c(c1C(=O)O)OB(O)[C@@H](Sc1cn[nH]n1)C2.Cc1c(F)c(F)c2c(c1C(=O)O)OB(O)[C@@H](Sc1nnc(N)s1)C2.Cc1c(F)cc2c(c1C(=O)O)OB(O)[C@@H](Sc1nnc(N)s1)C2. The first-order valence-electron chi connectivity index (χ1n) is 19.6. The largest absolute Gasteiger partial charge is 0.537 e. The Kier molecular flexibility index (Phi) is 15.8. The van der Waals surface area contributed by atoms with Crippen LogP contribution in [0.1, 0.15) is 58.9 Å². The van der Waals surface area contributed by atoms with Crippen LogP contribution in [0, 0.1) is 31.3 Å². The number of hydrogen-bond donors (Lipinski definition) is 9. The molecule has 0 aliphatic carbocycles. The van der Waals surface area contributed by atoms with Gasteiger partial charge >= 0.3 is 39.3 Å². The summed E-state index contributed by atoms with van der Waals surface area (Å²) in [6.45, 7) is 2.50. The number of anilines is 2. The molecule has 3 atom stereocenters. The number of nitrogen functional groups attached to an aromatic ring is 2. The van der Waals surface area contributed by atoms with Crippen LogP contribution in [0.25, 0.3) is 0 Å². The van der Waals surface area contributed by atoms with Crippen molar-refractivity contribution in [3.63, 3.8) is 0 Å². The van der Waals surface area contributed by atoms with Gasteiger partial charge in [0.1, 0.15) is 50.5 Å². The molecule has 0 fully saturated rings. The lowest BCUT2D eigenvalue weighted by atomic mass is 9.76. The van der Waals surface area contributed by atoms with Crippen molar-refractivity contribution in [3.05, 3.63) is 86.4 Å². The van der Waals surface area contributed by atoms with Crippen LogP contribution in [0.2, 0.25) is 0 Å². The Labute approximate surface area is 408 Å². The number of carboxylic acids is 3. The normalized spacial score (nSPS) is 16.8. The number of carbonyl (C=O) groups is 3. The molecule has 0 amide bonds. The van der Waals surface area contributed by atoms with E-state index in [1.54, 1.807) is 18.3 Å². The number of aromatic amines is 1. The van der Waals surface area contributed by atoms with Crippen LogP contribution in [-0.2, 0) is 19.3 Å². The number of hydrogen-bond acceptors (Lipinski definition) is 23. The molecule has 9 rings (SSSR count). The van der Waals surface area contributed by atoms with Crippen LogP contribution < -0.4 is 30.2 Å². The molecule has 0 bridgehead atoms. The summed E-state index contributed by atoms with van der Waals surface area (Å²) >= 11 is 5.79. The minimum Gasteiger partial charge on any atom is -0.535 e. The van der Waals surface area contributed by atoms with Gasteiger partial charge in [-0.05, 0) is 56.4 Å². The summed E-state index contributed by atoms with van der Waals surface area (Å²) in [5.41, 5.74) is 10.6. The molecular weight excluding hydrogens is 1020 g/mol. The van der Waals surface area contributed by atoms with Crippen LogP contribution in [0.4, 0.5) is 23.4 Å². The first kappa shape index (κ1) is 50.9. The number of methoxy groups -OCH3 is 1. The van der Waals surface area contributed by atoms with Gasteiger partial charge in [0.15, 0.2) is 20.3 Å². The van der Waals surface area contributed by atoms with Gasteiger partial charge in [0, 0.05) is 16.7 Å². The van der Waals surface area contributed by atoms with E-state index < -0.39 is 72.6 Å². The van der Waals surface area contributed by atoms with Crippen molar-refractivity contribution >= 4 is 107 Å². The van der Waals surface area contributed by atoms with E-state index in [0.29, 0.717) is 36.4 Å². The Bertz CT molecular complexity index is 2930. The van der Waals surface area contributed by atoms with Gasteiger partial charge in [0.05, 0.1) is 28.8 Å². The number of nitrogens with zero attached hydrogens (tertiary/aromatic N) is 6. The van der Waals surface area contributed by atoms with E-state index in [9.17, 15) is 57.9 Å². The van der Waals surface area contributed by atoms with Crippen molar-refractivity contribution in [2.24, 2.45) is 0 Å². The van der Waals surface area contributed by atoms with Gasteiger partial charge in [-0.1, -0.05) is 52.3 Å². The fraction of sp³-hybridized carbons (Fsp3) is 0.250. The predicted octanol–water partition coefficient (Wildman–Crippen LogP) is 3.53.